The van der Waals surface area contributed by atoms with Crippen molar-refractivity contribution in [1.29, 1.82) is 0 Å². The highest BCUT2D eigenvalue weighted by Crippen LogP contribution is 2.30. The first kappa shape index (κ1) is 25.5. The predicted molar refractivity (Wildman–Crippen MR) is 127 cm³/mol. The Morgan fingerprint density at radius 3 is 2.39 bits per heavy atom. The summed E-state index contributed by atoms with van der Waals surface area (Å²) in [6, 6.07) is 10.8. The minimum absolute atomic E-state index is 0.0867. The number of anilines is 1. The fourth-order valence-corrected chi connectivity index (χ4v) is 4.77. The van der Waals surface area contributed by atoms with Crippen molar-refractivity contribution in [1.82, 2.24) is 10.2 Å². The molecular weight excluding hydrogens is 529 g/mol. The van der Waals surface area contributed by atoms with Gasteiger partial charge in [-0.15, -0.1) is 0 Å². The molecule has 1 N–H and O–H groups in total. The maximum Gasteiger partial charge on any atom is 0.244 e. The maximum absolute atomic E-state index is 13.3. The van der Waals surface area contributed by atoms with E-state index in [4.69, 9.17) is 23.2 Å². The molecule has 0 bridgehead atoms. The second-order valence-corrected chi connectivity index (χ2v) is 10.5. The lowest BCUT2D eigenvalue weighted by molar-refractivity contribution is -0.139. The van der Waals surface area contributed by atoms with Crippen LogP contribution >= 0.6 is 39.1 Å². The van der Waals surface area contributed by atoms with Gasteiger partial charge in [-0.3, -0.25) is 13.9 Å². The minimum atomic E-state index is -3.86. The third-order valence-electron chi connectivity index (χ3n) is 4.51. The van der Waals surface area contributed by atoms with Crippen LogP contribution in [0.5, 0.6) is 0 Å². The molecule has 0 aromatic heterocycles. The smallest absolute Gasteiger partial charge is 0.244 e. The average molecular weight is 551 g/mol. The summed E-state index contributed by atoms with van der Waals surface area (Å²) < 4.78 is 26.7. The molecule has 0 heterocycles. The number of benzene rings is 2. The predicted octanol–water partition coefficient (Wildman–Crippen LogP) is 3.69. The summed E-state index contributed by atoms with van der Waals surface area (Å²) in [5.74, 6) is -0.939. The zero-order valence-corrected chi connectivity index (χ0v) is 21.0. The first-order valence-electron chi connectivity index (χ1n) is 9.12. The van der Waals surface area contributed by atoms with Crippen LogP contribution in [0.3, 0.4) is 0 Å². The average Bonchev–Trinajstić information content (AvgIpc) is 2.68. The van der Waals surface area contributed by atoms with E-state index in [0.29, 0.717) is 5.02 Å². The van der Waals surface area contributed by atoms with Crippen molar-refractivity contribution < 1.29 is 18.0 Å². The summed E-state index contributed by atoms with van der Waals surface area (Å²) >= 11 is 15.5. The molecule has 0 saturated heterocycles. The van der Waals surface area contributed by atoms with Crippen LogP contribution in [0.4, 0.5) is 5.69 Å². The number of nitrogens with zero attached hydrogens (tertiary/aromatic N) is 2. The molecule has 2 rings (SSSR count). The number of hydrogen-bond acceptors (Lipinski definition) is 4. The molecule has 0 aliphatic carbocycles. The van der Waals surface area contributed by atoms with Gasteiger partial charge in [-0.1, -0.05) is 51.3 Å². The van der Waals surface area contributed by atoms with E-state index in [-0.39, 0.29) is 23.2 Å². The monoisotopic (exact) mass is 549 g/mol. The summed E-state index contributed by atoms with van der Waals surface area (Å²) in [6.07, 6.45) is 0.978. The van der Waals surface area contributed by atoms with Gasteiger partial charge in [-0.2, -0.15) is 0 Å². The molecule has 168 valence electrons. The maximum atomic E-state index is 13.3. The number of amides is 2. The summed E-state index contributed by atoms with van der Waals surface area (Å²) in [7, 11) is -2.39. The third kappa shape index (κ3) is 6.83. The van der Waals surface area contributed by atoms with E-state index < -0.39 is 28.5 Å². The van der Waals surface area contributed by atoms with Crippen molar-refractivity contribution >= 4 is 66.7 Å². The number of hydrogen-bond donors (Lipinski definition) is 1. The minimum Gasteiger partial charge on any atom is -0.357 e. The third-order valence-corrected chi connectivity index (χ3v) is 6.67. The summed E-state index contributed by atoms with van der Waals surface area (Å²) in [4.78, 5) is 26.9. The van der Waals surface area contributed by atoms with Crippen molar-refractivity contribution in [3.8, 4) is 0 Å². The van der Waals surface area contributed by atoms with Gasteiger partial charge in [0.1, 0.15) is 12.6 Å². The van der Waals surface area contributed by atoms with Gasteiger partial charge in [0.15, 0.2) is 0 Å². The Kier molecular flexibility index (Phi) is 8.76. The van der Waals surface area contributed by atoms with Gasteiger partial charge in [-0.05, 0) is 42.8 Å². The van der Waals surface area contributed by atoms with Crippen LogP contribution < -0.4 is 9.62 Å². The molecule has 0 saturated carbocycles. The van der Waals surface area contributed by atoms with Crippen LogP contribution in [0.15, 0.2) is 46.9 Å². The zero-order chi connectivity index (χ0) is 23.3. The van der Waals surface area contributed by atoms with E-state index in [0.717, 1.165) is 20.6 Å². The van der Waals surface area contributed by atoms with E-state index >= 15 is 0 Å². The molecule has 11 heteroatoms. The van der Waals surface area contributed by atoms with E-state index in [1.165, 1.54) is 30.1 Å². The normalized spacial score (nSPS) is 12.2. The molecule has 0 unspecified atom stereocenters. The highest BCUT2D eigenvalue weighted by Gasteiger charge is 2.30. The molecule has 0 fully saturated rings. The fraction of sp³-hybridized carbons (Fsp3) is 0.300. The second kappa shape index (κ2) is 10.7. The molecule has 2 aromatic carbocycles. The number of nitrogens with one attached hydrogen (secondary N) is 1. The SMILES string of the molecule is CNC(=O)[C@@H](C)N(Cc1cccc(Br)c1)C(=O)CN(c1ccc(Cl)cc1Cl)S(C)(=O)=O. The number of rotatable bonds is 8. The Hall–Kier alpha value is -1.81. The quantitative estimate of drug-likeness (QED) is 0.543. The van der Waals surface area contributed by atoms with Crippen molar-refractivity contribution in [3.63, 3.8) is 0 Å². The molecule has 2 amide bonds. The van der Waals surface area contributed by atoms with Crippen molar-refractivity contribution in [3.05, 3.63) is 62.5 Å². The fourth-order valence-electron chi connectivity index (χ4n) is 2.90. The van der Waals surface area contributed by atoms with Gasteiger partial charge in [0.05, 0.1) is 17.0 Å². The number of carbonyl (C=O) groups is 2. The second-order valence-electron chi connectivity index (χ2n) is 6.81. The Morgan fingerprint density at radius 1 is 1.16 bits per heavy atom. The van der Waals surface area contributed by atoms with Crippen molar-refractivity contribution in [2.24, 2.45) is 0 Å². The summed E-state index contributed by atoms with van der Waals surface area (Å²) in [5.41, 5.74) is 0.894. The topological polar surface area (TPSA) is 86.8 Å². The van der Waals surface area contributed by atoms with E-state index in [9.17, 15) is 18.0 Å². The first-order chi connectivity index (χ1) is 14.4. The van der Waals surface area contributed by atoms with Crippen LogP contribution in [0.25, 0.3) is 0 Å². The lowest BCUT2D eigenvalue weighted by Crippen LogP contribution is -2.50. The van der Waals surface area contributed by atoms with Gasteiger partial charge in [0.25, 0.3) is 0 Å². The molecule has 0 radical (unpaired) electrons. The number of halogens is 3. The van der Waals surface area contributed by atoms with Gasteiger partial charge in [0.2, 0.25) is 21.8 Å². The van der Waals surface area contributed by atoms with Gasteiger partial charge in [-0.25, -0.2) is 8.42 Å². The number of likely N-dealkylation sites (N-methyl/N-ethyl adjacent to an activating group) is 1. The van der Waals surface area contributed by atoms with E-state index in [2.05, 4.69) is 21.2 Å². The molecule has 0 aliphatic rings. The molecule has 2 aromatic rings. The first-order valence-corrected chi connectivity index (χ1v) is 12.5. The summed E-state index contributed by atoms with van der Waals surface area (Å²) in [5, 5.41) is 2.94. The molecule has 1 atom stereocenters. The zero-order valence-electron chi connectivity index (χ0n) is 17.1. The van der Waals surface area contributed by atoms with Crippen LogP contribution in [-0.4, -0.2) is 51.0 Å². The van der Waals surface area contributed by atoms with Gasteiger partial charge >= 0.3 is 0 Å². The molecule has 0 spiro atoms. The van der Waals surface area contributed by atoms with E-state index in [1.54, 1.807) is 6.92 Å². The summed E-state index contributed by atoms with van der Waals surface area (Å²) in [6.45, 7) is 1.16. The standard InChI is InChI=1S/C20H22BrCl2N3O4S/c1-13(20(28)24-2)25(11-14-5-4-6-15(21)9-14)19(27)12-26(31(3,29)30)18-8-7-16(22)10-17(18)23/h4-10,13H,11-12H2,1-3H3,(H,24,28)/t13-/m1/s1. The number of carbonyl (C=O) groups excluding carboxylic acids is 2. The Bertz CT molecular complexity index is 1080. The van der Waals surface area contributed by atoms with Crippen LogP contribution in [0.2, 0.25) is 10.0 Å². The van der Waals surface area contributed by atoms with Gasteiger partial charge < -0.3 is 10.2 Å². The van der Waals surface area contributed by atoms with Gasteiger partial charge in [0, 0.05) is 23.1 Å². The Balaban J connectivity index is 2.42. The van der Waals surface area contributed by atoms with Crippen LogP contribution in [0, 0.1) is 0 Å². The highest BCUT2D eigenvalue weighted by molar-refractivity contribution is 9.10. The Morgan fingerprint density at radius 2 is 1.84 bits per heavy atom. The molecular formula is C20H22BrCl2N3O4S. The van der Waals surface area contributed by atoms with Crippen LogP contribution in [-0.2, 0) is 26.2 Å². The largest absolute Gasteiger partial charge is 0.357 e. The lowest BCUT2D eigenvalue weighted by Gasteiger charge is -2.31. The molecule has 31 heavy (non-hydrogen) atoms. The molecule has 7 nitrogen and oxygen atoms in total. The Labute approximate surface area is 200 Å². The molecule has 0 aliphatic heterocycles. The van der Waals surface area contributed by atoms with Crippen molar-refractivity contribution in [2.45, 2.75) is 19.5 Å². The lowest BCUT2D eigenvalue weighted by atomic mass is 10.1. The number of sulfonamides is 1. The van der Waals surface area contributed by atoms with Crippen molar-refractivity contribution in [2.75, 3.05) is 24.2 Å². The highest BCUT2D eigenvalue weighted by atomic mass is 79.9. The van der Waals surface area contributed by atoms with Crippen LogP contribution in [0.1, 0.15) is 12.5 Å². The van der Waals surface area contributed by atoms with E-state index in [1.807, 2.05) is 24.3 Å².